The summed E-state index contributed by atoms with van der Waals surface area (Å²) in [6, 6.07) is 18.4. The van der Waals surface area contributed by atoms with Gasteiger partial charge in [0.05, 0.1) is 6.04 Å². The molecule has 6 heteroatoms. The zero-order chi connectivity index (χ0) is 21.1. The van der Waals surface area contributed by atoms with Crippen molar-refractivity contribution < 1.29 is 23.4 Å². The van der Waals surface area contributed by atoms with Crippen LogP contribution in [-0.4, -0.2) is 28.6 Å². The van der Waals surface area contributed by atoms with Crippen molar-refractivity contribution in [2.24, 2.45) is 0 Å². The molecule has 1 aliphatic heterocycles. The van der Waals surface area contributed by atoms with Gasteiger partial charge in [-0.05, 0) is 48.7 Å². The van der Waals surface area contributed by atoms with E-state index in [1.807, 2.05) is 36.4 Å². The number of likely N-dealkylation sites (tertiary alicyclic amines) is 1. The van der Waals surface area contributed by atoms with E-state index in [9.17, 15) is 18.7 Å². The Labute approximate surface area is 173 Å². The Morgan fingerprint density at radius 3 is 2.50 bits per heavy atom. The van der Waals surface area contributed by atoms with Gasteiger partial charge < -0.3 is 9.84 Å². The van der Waals surface area contributed by atoms with Gasteiger partial charge >= 0.3 is 5.97 Å². The van der Waals surface area contributed by atoms with E-state index in [1.54, 1.807) is 23.1 Å². The number of benzene rings is 3. The van der Waals surface area contributed by atoms with Crippen LogP contribution in [0.3, 0.4) is 0 Å². The Bertz CT molecular complexity index is 1040. The fourth-order valence-electron chi connectivity index (χ4n) is 4.01. The molecule has 0 saturated carbocycles. The lowest BCUT2D eigenvalue weighted by Gasteiger charge is -2.32. The van der Waals surface area contributed by atoms with Crippen molar-refractivity contribution in [3.05, 3.63) is 95.6 Å². The lowest BCUT2D eigenvalue weighted by molar-refractivity contribution is -0.142. The van der Waals surface area contributed by atoms with E-state index in [0.29, 0.717) is 36.4 Å². The summed E-state index contributed by atoms with van der Waals surface area (Å²) in [7, 11) is 0. The lowest BCUT2D eigenvalue weighted by atomic mass is 9.95. The lowest BCUT2D eigenvalue weighted by Crippen LogP contribution is -2.39. The van der Waals surface area contributed by atoms with Crippen LogP contribution < -0.4 is 4.74 Å². The second-order valence-electron chi connectivity index (χ2n) is 7.29. The van der Waals surface area contributed by atoms with Crippen LogP contribution in [0.25, 0.3) is 0 Å². The summed E-state index contributed by atoms with van der Waals surface area (Å²) in [5, 5.41) is 9.67. The molecule has 4 nitrogen and oxygen atoms in total. The number of carbonyl (C=O) groups is 1. The fraction of sp³-hybridized carbons (Fsp3) is 0.208. The standard InChI is InChI=1S/C24H21F2NO3/c25-17-11-12-20(21(26)15-17)23(27-13-5-10-22(27)24(28)29)16-6-4-9-19(14-16)30-18-7-2-1-3-8-18/h1-4,6-9,11-12,14-15,22-23H,5,10,13H2,(H,28,29). The molecule has 0 aliphatic carbocycles. The summed E-state index contributed by atoms with van der Waals surface area (Å²) < 4.78 is 34.2. The Balaban J connectivity index is 1.76. The van der Waals surface area contributed by atoms with E-state index in [1.165, 1.54) is 12.1 Å². The van der Waals surface area contributed by atoms with Gasteiger partial charge in [-0.2, -0.15) is 0 Å². The maximum absolute atomic E-state index is 14.8. The van der Waals surface area contributed by atoms with E-state index in [0.717, 1.165) is 6.07 Å². The summed E-state index contributed by atoms with van der Waals surface area (Å²) in [5.74, 6) is -1.12. The Morgan fingerprint density at radius 1 is 1.00 bits per heavy atom. The summed E-state index contributed by atoms with van der Waals surface area (Å²) in [6.45, 7) is 0.502. The predicted octanol–water partition coefficient (Wildman–Crippen LogP) is 5.40. The van der Waals surface area contributed by atoms with Gasteiger partial charge in [0.2, 0.25) is 0 Å². The minimum Gasteiger partial charge on any atom is -0.480 e. The summed E-state index contributed by atoms with van der Waals surface area (Å²) in [5.41, 5.74) is 0.920. The molecule has 0 aromatic heterocycles. The number of carboxylic acid groups (broad SMARTS) is 1. The van der Waals surface area contributed by atoms with Gasteiger partial charge in [0.15, 0.2) is 0 Å². The van der Waals surface area contributed by atoms with Crippen molar-refractivity contribution >= 4 is 5.97 Å². The molecule has 0 radical (unpaired) electrons. The van der Waals surface area contributed by atoms with Crippen molar-refractivity contribution in [3.63, 3.8) is 0 Å². The third kappa shape index (κ3) is 4.19. The number of hydrogen-bond donors (Lipinski definition) is 1. The number of nitrogens with zero attached hydrogens (tertiary/aromatic N) is 1. The molecule has 30 heavy (non-hydrogen) atoms. The predicted molar refractivity (Wildman–Crippen MR) is 109 cm³/mol. The van der Waals surface area contributed by atoms with Crippen molar-refractivity contribution in [1.29, 1.82) is 0 Å². The Morgan fingerprint density at radius 2 is 1.77 bits per heavy atom. The first-order valence-corrected chi connectivity index (χ1v) is 9.79. The Hall–Kier alpha value is -3.25. The van der Waals surface area contributed by atoms with Gasteiger partial charge in [-0.15, -0.1) is 0 Å². The number of hydrogen-bond acceptors (Lipinski definition) is 3. The molecule has 1 heterocycles. The zero-order valence-electron chi connectivity index (χ0n) is 16.2. The number of carboxylic acids is 1. The number of aliphatic carboxylic acids is 1. The molecule has 1 fully saturated rings. The van der Waals surface area contributed by atoms with Crippen molar-refractivity contribution in [1.82, 2.24) is 4.90 Å². The monoisotopic (exact) mass is 409 g/mol. The molecule has 1 aliphatic rings. The van der Waals surface area contributed by atoms with Crippen LogP contribution in [-0.2, 0) is 4.79 Å². The topological polar surface area (TPSA) is 49.8 Å². The molecule has 2 atom stereocenters. The maximum atomic E-state index is 14.8. The summed E-state index contributed by atoms with van der Waals surface area (Å²) >= 11 is 0. The van der Waals surface area contributed by atoms with Crippen LogP contribution in [0.2, 0.25) is 0 Å². The molecule has 3 aromatic carbocycles. The maximum Gasteiger partial charge on any atom is 0.320 e. The number of para-hydroxylation sites is 1. The molecule has 3 aromatic rings. The highest BCUT2D eigenvalue weighted by atomic mass is 19.1. The van der Waals surface area contributed by atoms with Crippen molar-refractivity contribution in [2.75, 3.05) is 6.54 Å². The zero-order valence-corrected chi connectivity index (χ0v) is 16.2. The summed E-state index contributed by atoms with van der Waals surface area (Å²) in [6.07, 6.45) is 1.17. The minimum absolute atomic E-state index is 0.237. The molecule has 2 unspecified atom stereocenters. The third-order valence-corrected chi connectivity index (χ3v) is 5.32. The van der Waals surface area contributed by atoms with E-state index < -0.39 is 29.7 Å². The smallest absolute Gasteiger partial charge is 0.320 e. The van der Waals surface area contributed by atoms with Gasteiger partial charge in [-0.25, -0.2) is 8.78 Å². The number of ether oxygens (including phenoxy) is 1. The normalized spacial score (nSPS) is 17.6. The second-order valence-corrected chi connectivity index (χ2v) is 7.29. The number of halogens is 2. The van der Waals surface area contributed by atoms with Crippen molar-refractivity contribution in [3.8, 4) is 11.5 Å². The highest BCUT2D eigenvalue weighted by Crippen LogP contribution is 2.37. The van der Waals surface area contributed by atoms with Gasteiger partial charge in [0, 0.05) is 18.2 Å². The molecule has 0 bridgehead atoms. The van der Waals surface area contributed by atoms with E-state index in [2.05, 4.69) is 0 Å². The highest BCUT2D eigenvalue weighted by Gasteiger charge is 2.38. The largest absolute Gasteiger partial charge is 0.480 e. The van der Waals surface area contributed by atoms with Gasteiger partial charge in [0.1, 0.15) is 29.2 Å². The van der Waals surface area contributed by atoms with E-state index in [-0.39, 0.29) is 5.56 Å². The first-order chi connectivity index (χ1) is 14.5. The molecular formula is C24H21F2NO3. The van der Waals surface area contributed by atoms with Crippen LogP contribution >= 0.6 is 0 Å². The molecule has 1 saturated heterocycles. The van der Waals surface area contributed by atoms with Gasteiger partial charge in [-0.3, -0.25) is 9.69 Å². The minimum atomic E-state index is -0.947. The van der Waals surface area contributed by atoms with Crippen LogP contribution in [0.15, 0.2) is 72.8 Å². The molecule has 0 amide bonds. The third-order valence-electron chi connectivity index (χ3n) is 5.32. The van der Waals surface area contributed by atoms with Gasteiger partial charge in [-0.1, -0.05) is 36.4 Å². The van der Waals surface area contributed by atoms with Crippen LogP contribution in [0.1, 0.15) is 30.0 Å². The first-order valence-electron chi connectivity index (χ1n) is 9.79. The number of rotatable bonds is 6. The molecule has 154 valence electrons. The first kappa shape index (κ1) is 20.0. The van der Waals surface area contributed by atoms with E-state index in [4.69, 9.17) is 4.74 Å². The summed E-state index contributed by atoms with van der Waals surface area (Å²) in [4.78, 5) is 13.6. The quantitative estimate of drug-likeness (QED) is 0.593. The molecule has 1 N–H and O–H groups in total. The van der Waals surface area contributed by atoms with Crippen LogP contribution in [0.4, 0.5) is 8.78 Å². The Kier molecular flexibility index (Phi) is 5.77. The van der Waals surface area contributed by atoms with Crippen LogP contribution in [0.5, 0.6) is 11.5 Å². The average Bonchev–Trinajstić information content (AvgIpc) is 3.21. The highest BCUT2D eigenvalue weighted by molar-refractivity contribution is 5.74. The SMILES string of the molecule is O=C(O)C1CCCN1C(c1cccc(Oc2ccccc2)c1)c1ccc(F)cc1F. The van der Waals surface area contributed by atoms with E-state index >= 15 is 0 Å². The molecule has 0 spiro atoms. The van der Waals surface area contributed by atoms with Gasteiger partial charge in [0.25, 0.3) is 0 Å². The second kappa shape index (κ2) is 8.63. The van der Waals surface area contributed by atoms with Crippen molar-refractivity contribution in [2.45, 2.75) is 24.9 Å². The fourth-order valence-corrected chi connectivity index (χ4v) is 4.01. The average molecular weight is 409 g/mol. The molecular weight excluding hydrogens is 388 g/mol. The van der Waals surface area contributed by atoms with Crippen LogP contribution in [0, 0.1) is 11.6 Å². The molecule has 4 rings (SSSR count).